The van der Waals surface area contributed by atoms with E-state index < -0.39 is 13.2 Å². The minimum atomic E-state index is -2.97. The van der Waals surface area contributed by atoms with Crippen LogP contribution in [0.3, 0.4) is 0 Å². The van der Waals surface area contributed by atoms with Gasteiger partial charge in [-0.3, -0.25) is 29.0 Å². The Hall–Kier alpha value is -11.2. The number of nitrogens with zero attached hydrogens (tertiary/aromatic N) is 15. The number of ether oxygens (including phenoxy) is 6. The average Bonchev–Trinajstić information content (AvgIpc) is 1.03. The third-order valence-corrected chi connectivity index (χ3v) is 15.5. The molecule has 12 rings (SSSR count). The second-order valence-electron chi connectivity index (χ2n) is 23.5. The molecule has 0 amide bonds. The monoisotopic (exact) mass is 1370 g/mol. The number of fused-ring (bicyclic) bond motifs is 3. The van der Waals surface area contributed by atoms with Crippen LogP contribution in [0, 0.1) is 0 Å². The SMILES string of the molecule is COc1cc(OC(F)F)cc(N(CCNC(C)C)c2ccc3ncc(-c4cnn(C)c4)nc3c2)c1.COc1cc(OC(F)F)cc(N(CCO)c2ccc3ncc(-c4cnn(C)c4)nc3c2)c1.COc1cc(OC)cc(N(CCNC(C)C)c2ccc3ncc(-c4cnn(C)c4)nc3c2)c1. The first-order valence-electron chi connectivity index (χ1n) is 31.9. The van der Waals surface area contributed by atoms with Crippen LogP contribution in [-0.2, 0) is 21.1 Å². The second-order valence-corrected chi connectivity index (χ2v) is 23.5. The van der Waals surface area contributed by atoms with Crippen molar-refractivity contribution >= 4 is 67.2 Å². The molecule has 12 aromatic rings. The van der Waals surface area contributed by atoms with Gasteiger partial charge in [-0.05, 0) is 54.6 Å². The summed E-state index contributed by atoms with van der Waals surface area (Å²) in [5.74, 6) is 2.23. The summed E-state index contributed by atoms with van der Waals surface area (Å²) in [6, 6.07) is 33.3. The highest BCUT2D eigenvalue weighted by Crippen LogP contribution is 2.38. The Morgan fingerprint density at radius 1 is 0.390 bits per heavy atom. The molecule has 0 radical (unpaired) electrons. The number of aliphatic hydroxyl groups excluding tert-OH is 1. The zero-order chi connectivity index (χ0) is 71.0. The summed E-state index contributed by atoms with van der Waals surface area (Å²) >= 11 is 0. The van der Waals surface area contributed by atoms with Crippen LogP contribution in [0.4, 0.5) is 51.7 Å². The average molecular weight is 1370 g/mol. The molecule has 0 aliphatic heterocycles. The molecule has 6 heterocycles. The number of hydrogen-bond donors (Lipinski definition) is 3. The van der Waals surface area contributed by atoms with Crippen LogP contribution in [0.5, 0.6) is 34.5 Å². The Balaban J connectivity index is 0.000000162. The van der Waals surface area contributed by atoms with Gasteiger partial charge < -0.3 is 58.9 Å². The number of hydrogen-bond acceptors (Lipinski definition) is 21. The zero-order valence-electron chi connectivity index (χ0n) is 57.3. The normalized spacial score (nSPS) is 11.3. The molecule has 24 nitrogen and oxygen atoms in total. The highest BCUT2D eigenvalue weighted by Gasteiger charge is 2.20. The number of rotatable bonds is 27. The van der Waals surface area contributed by atoms with Crippen molar-refractivity contribution in [1.82, 2.24) is 69.9 Å². The van der Waals surface area contributed by atoms with E-state index in [1.54, 1.807) is 88.5 Å². The first-order valence-corrected chi connectivity index (χ1v) is 31.9. The maximum absolute atomic E-state index is 12.9. The molecule has 0 saturated carbocycles. The largest absolute Gasteiger partial charge is 0.497 e. The van der Waals surface area contributed by atoms with Crippen LogP contribution in [0.25, 0.3) is 66.9 Å². The third-order valence-electron chi connectivity index (χ3n) is 15.5. The van der Waals surface area contributed by atoms with Crippen molar-refractivity contribution in [2.24, 2.45) is 21.1 Å². The molecule has 6 aromatic heterocycles. The van der Waals surface area contributed by atoms with E-state index in [0.29, 0.717) is 81.7 Å². The number of benzene rings is 6. The highest BCUT2D eigenvalue weighted by molar-refractivity contribution is 5.85. The summed E-state index contributed by atoms with van der Waals surface area (Å²) in [6.07, 6.45) is 16.1. The molecule has 100 heavy (non-hydrogen) atoms. The van der Waals surface area contributed by atoms with E-state index in [9.17, 15) is 22.7 Å². The first kappa shape index (κ1) is 71.5. The maximum Gasteiger partial charge on any atom is 0.387 e. The van der Waals surface area contributed by atoms with Crippen LogP contribution >= 0.6 is 0 Å². The van der Waals surface area contributed by atoms with E-state index in [4.69, 9.17) is 33.9 Å². The minimum absolute atomic E-state index is 0.0237. The molecule has 0 spiro atoms. The number of aryl methyl sites for hydroxylation is 3. The van der Waals surface area contributed by atoms with E-state index in [1.165, 1.54) is 32.4 Å². The summed E-state index contributed by atoms with van der Waals surface area (Å²) in [7, 11) is 11.8. The molecule has 6 aromatic carbocycles. The first-order chi connectivity index (χ1) is 48.2. The van der Waals surface area contributed by atoms with Crippen molar-refractivity contribution in [2.75, 3.05) is 82.5 Å². The molecule has 3 N–H and O–H groups in total. The van der Waals surface area contributed by atoms with Gasteiger partial charge in [0.2, 0.25) is 0 Å². The lowest BCUT2D eigenvalue weighted by molar-refractivity contribution is -0.0506. The zero-order valence-corrected chi connectivity index (χ0v) is 57.3. The van der Waals surface area contributed by atoms with Gasteiger partial charge in [0.25, 0.3) is 0 Å². The van der Waals surface area contributed by atoms with Gasteiger partial charge in [0, 0.05) is 190 Å². The summed E-state index contributed by atoms with van der Waals surface area (Å²) in [6.45, 7) is 5.37. The van der Waals surface area contributed by atoms with E-state index in [-0.39, 0.29) is 24.7 Å². The number of nitrogens with one attached hydrogen (secondary N) is 2. The predicted molar refractivity (Wildman–Crippen MR) is 378 cm³/mol. The van der Waals surface area contributed by atoms with E-state index in [1.807, 2.05) is 105 Å². The number of halogens is 4. The van der Waals surface area contributed by atoms with Gasteiger partial charge in [-0.2, -0.15) is 32.9 Å². The van der Waals surface area contributed by atoms with Crippen molar-refractivity contribution in [3.05, 3.63) is 165 Å². The summed E-state index contributed by atoms with van der Waals surface area (Å²) in [4.78, 5) is 34.0. The van der Waals surface area contributed by atoms with Gasteiger partial charge in [0.05, 0.1) is 122 Å². The van der Waals surface area contributed by atoms with Crippen LogP contribution in [0.1, 0.15) is 27.7 Å². The lowest BCUT2D eigenvalue weighted by Crippen LogP contribution is -2.32. The van der Waals surface area contributed by atoms with Gasteiger partial charge in [0.1, 0.15) is 34.5 Å². The van der Waals surface area contributed by atoms with Gasteiger partial charge in [-0.15, -0.1) is 0 Å². The topological polar surface area (TPSA) is 240 Å². The fourth-order valence-corrected chi connectivity index (χ4v) is 10.8. The second kappa shape index (κ2) is 33.3. The van der Waals surface area contributed by atoms with Gasteiger partial charge in [0.15, 0.2) is 0 Å². The highest BCUT2D eigenvalue weighted by atomic mass is 19.3. The Labute approximate surface area is 575 Å². The molecule has 522 valence electrons. The van der Waals surface area contributed by atoms with Crippen LogP contribution in [-0.4, -0.2) is 157 Å². The smallest absolute Gasteiger partial charge is 0.387 e. The van der Waals surface area contributed by atoms with Crippen molar-refractivity contribution in [3.8, 4) is 68.3 Å². The van der Waals surface area contributed by atoms with Crippen molar-refractivity contribution in [3.63, 3.8) is 0 Å². The molecule has 0 fully saturated rings. The summed E-state index contributed by atoms with van der Waals surface area (Å²) in [5.41, 5.74) is 14.0. The molecule has 0 unspecified atom stereocenters. The van der Waals surface area contributed by atoms with E-state index in [2.05, 4.69) is 95.1 Å². The Morgan fingerprint density at radius 3 is 0.960 bits per heavy atom. The summed E-state index contributed by atoms with van der Waals surface area (Å²) in [5, 5.41) is 29.2. The minimum Gasteiger partial charge on any atom is -0.497 e. The predicted octanol–water partition coefficient (Wildman–Crippen LogP) is 12.7. The lowest BCUT2D eigenvalue weighted by atomic mass is 10.2. The Bertz CT molecular complexity index is 4670. The number of anilines is 6. The fraction of sp³-hybridized carbons (Fsp3) is 0.292. The lowest BCUT2D eigenvalue weighted by Gasteiger charge is -2.27. The van der Waals surface area contributed by atoms with Crippen LogP contribution < -0.4 is 53.8 Å². The third kappa shape index (κ3) is 18.7. The Kier molecular flexibility index (Phi) is 23.9. The maximum atomic E-state index is 12.9. The number of aliphatic hydroxyl groups is 1. The van der Waals surface area contributed by atoms with Gasteiger partial charge in [-0.1, -0.05) is 27.7 Å². The van der Waals surface area contributed by atoms with Gasteiger partial charge in [-0.25, -0.2) is 15.0 Å². The number of alkyl halides is 4. The molecule has 28 heteroatoms. The van der Waals surface area contributed by atoms with Gasteiger partial charge >= 0.3 is 13.2 Å². The van der Waals surface area contributed by atoms with Crippen molar-refractivity contribution in [2.45, 2.75) is 53.0 Å². The van der Waals surface area contributed by atoms with E-state index >= 15 is 0 Å². The molecular weight excluding hydrogens is 1290 g/mol. The quantitative estimate of drug-likeness (QED) is 0.0405. The number of methoxy groups -OCH3 is 4. The van der Waals surface area contributed by atoms with Crippen molar-refractivity contribution in [1.29, 1.82) is 0 Å². The molecule has 0 saturated heterocycles. The molecule has 0 aliphatic carbocycles. The molecule has 0 atom stereocenters. The number of aromatic nitrogens is 12. The molecule has 0 bridgehead atoms. The molecular formula is C72H79F4N17O7. The fourth-order valence-electron chi connectivity index (χ4n) is 10.8. The van der Waals surface area contributed by atoms with Crippen molar-refractivity contribution < 1.29 is 51.1 Å². The standard InChI is InChI=1S/C25H28F2N6O2.C25H30N6O2.C22H21F2N5O3/c1-16(2)28-7-8-33(19-9-20(34-4)12-21(10-19)35-25(26)27)18-5-6-22-23(11-18)31-24(14-29-22)17-13-30-32(3)15-17;1-17(2)26-8-9-31(20-10-21(32-4)13-22(11-20)33-5)19-6-7-23-24(12-19)29-25(15-27-23)18-14-28-30(3)16-18;1-28-13-14(11-26-28)21-12-25-19-4-3-15(9-20(19)27-21)29(5-6-30)16-7-17(31-2)10-18(8-16)32-22(23)24/h5-6,9-16,25,28H,7-8H2,1-4H3;6-7,10-17,26H,8-9H2,1-5H3;3-4,7-13,22,30H,5-6H2,1-2H3. The van der Waals surface area contributed by atoms with E-state index in [0.717, 1.165) is 80.6 Å². The summed E-state index contributed by atoms with van der Waals surface area (Å²) < 4.78 is 87.4. The molecule has 0 aliphatic rings. The van der Waals surface area contributed by atoms with Crippen LogP contribution in [0.2, 0.25) is 0 Å². The Morgan fingerprint density at radius 2 is 0.690 bits per heavy atom. The van der Waals surface area contributed by atoms with Crippen LogP contribution in [0.15, 0.2) is 165 Å².